The number of allylic oxidation sites excluding steroid dienone is 1. The molecule has 0 aromatic carbocycles. The van der Waals surface area contributed by atoms with Crippen LogP contribution >= 0.6 is 0 Å². The Labute approximate surface area is 107 Å². The third-order valence-electron chi connectivity index (χ3n) is 2.05. The third kappa shape index (κ3) is 3.58. The Morgan fingerprint density at radius 2 is 2.06 bits per heavy atom. The van der Waals surface area contributed by atoms with E-state index in [0.717, 1.165) is 0 Å². The van der Waals surface area contributed by atoms with Gasteiger partial charge in [-0.3, -0.25) is 4.90 Å². The number of carbonyl (C=O) groups excluding carboxylic acids is 1. The summed E-state index contributed by atoms with van der Waals surface area (Å²) in [6.45, 7) is 8.93. The first-order valence-corrected chi connectivity index (χ1v) is 5.68. The molecule has 0 bridgehead atoms. The van der Waals surface area contributed by atoms with Crippen LogP contribution in [0.1, 0.15) is 39.4 Å². The molecule has 0 saturated carbocycles. The van der Waals surface area contributed by atoms with Crippen molar-refractivity contribution >= 4 is 11.8 Å². The molecule has 1 rings (SSSR count). The van der Waals surface area contributed by atoms with Crippen molar-refractivity contribution in [3.05, 3.63) is 17.8 Å². The summed E-state index contributed by atoms with van der Waals surface area (Å²) in [5, 5.41) is 3.70. The monoisotopic (exact) mass is 253 g/mol. The number of carbonyl (C=O) groups is 1. The van der Waals surface area contributed by atoms with Crippen molar-refractivity contribution < 1.29 is 14.1 Å². The first kappa shape index (κ1) is 14.2. The number of rotatable bonds is 2. The molecule has 0 N–H and O–H groups in total. The molecule has 0 aliphatic carbocycles. The maximum Gasteiger partial charge on any atom is 0.414 e. The van der Waals surface area contributed by atoms with Crippen LogP contribution in [0, 0.1) is 6.92 Å². The molecule has 0 aliphatic heterocycles. The number of ether oxygens (including phenoxy) is 1. The second-order valence-corrected chi connectivity index (χ2v) is 4.86. The van der Waals surface area contributed by atoms with E-state index in [1.54, 1.807) is 27.0 Å². The molecule has 1 aromatic rings. The van der Waals surface area contributed by atoms with Crippen molar-refractivity contribution in [3.63, 3.8) is 0 Å². The van der Waals surface area contributed by atoms with Gasteiger partial charge in [0.15, 0.2) is 5.82 Å². The first-order valence-electron chi connectivity index (χ1n) is 5.68. The molecule has 6 heteroatoms. The van der Waals surface area contributed by atoms with Gasteiger partial charge in [0.1, 0.15) is 11.3 Å². The topological polar surface area (TPSA) is 68.5 Å². The number of aryl methyl sites for hydroxylation is 1. The van der Waals surface area contributed by atoms with Gasteiger partial charge in [-0.25, -0.2) is 4.79 Å². The van der Waals surface area contributed by atoms with Crippen LogP contribution < -0.4 is 0 Å². The lowest BCUT2D eigenvalue weighted by Crippen LogP contribution is -2.33. The van der Waals surface area contributed by atoms with Crippen molar-refractivity contribution in [2.24, 2.45) is 0 Å². The number of hydrogen-bond acceptors (Lipinski definition) is 5. The van der Waals surface area contributed by atoms with Crippen LogP contribution in [0.5, 0.6) is 0 Å². The number of amides is 1. The zero-order valence-electron chi connectivity index (χ0n) is 11.6. The maximum atomic E-state index is 11.9. The standard InChI is InChI=1S/C12H19N3O3/c1-7-9(10-13-8(2)14-18-10)15(6)11(16)17-12(3,4)5/h7H,1-6H3. The zero-order valence-corrected chi connectivity index (χ0v) is 11.6. The van der Waals surface area contributed by atoms with E-state index in [1.807, 2.05) is 20.8 Å². The van der Waals surface area contributed by atoms with Gasteiger partial charge in [-0.2, -0.15) is 4.98 Å². The van der Waals surface area contributed by atoms with Crippen LogP contribution in [0.15, 0.2) is 10.6 Å². The Kier molecular flexibility index (Phi) is 4.11. The quantitative estimate of drug-likeness (QED) is 0.810. The Hall–Kier alpha value is -1.85. The fourth-order valence-corrected chi connectivity index (χ4v) is 1.29. The molecule has 1 aromatic heterocycles. The fraction of sp³-hybridized carbons (Fsp3) is 0.583. The predicted molar refractivity (Wildman–Crippen MR) is 66.7 cm³/mol. The van der Waals surface area contributed by atoms with Gasteiger partial charge in [-0.1, -0.05) is 11.2 Å². The number of nitrogens with zero attached hydrogens (tertiary/aromatic N) is 3. The van der Waals surface area contributed by atoms with Crippen LogP contribution in [0.2, 0.25) is 0 Å². The van der Waals surface area contributed by atoms with Crippen LogP contribution in [-0.2, 0) is 4.74 Å². The van der Waals surface area contributed by atoms with E-state index in [-0.39, 0.29) is 0 Å². The van der Waals surface area contributed by atoms with E-state index in [1.165, 1.54) is 4.90 Å². The molecule has 0 atom stereocenters. The molecule has 0 radical (unpaired) electrons. The summed E-state index contributed by atoms with van der Waals surface area (Å²) < 4.78 is 10.3. The van der Waals surface area contributed by atoms with Crippen molar-refractivity contribution in [2.75, 3.05) is 7.05 Å². The highest BCUT2D eigenvalue weighted by molar-refractivity contribution is 5.79. The van der Waals surface area contributed by atoms with E-state index in [4.69, 9.17) is 9.26 Å². The van der Waals surface area contributed by atoms with Crippen LogP contribution in [0.25, 0.3) is 5.70 Å². The highest BCUT2D eigenvalue weighted by Crippen LogP contribution is 2.19. The van der Waals surface area contributed by atoms with E-state index in [0.29, 0.717) is 17.4 Å². The van der Waals surface area contributed by atoms with Crippen molar-refractivity contribution in [2.45, 2.75) is 40.2 Å². The van der Waals surface area contributed by atoms with Gasteiger partial charge in [0, 0.05) is 7.05 Å². The van der Waals surface area contributed by atoms with E-state index >= 15 is 0 Å². The number of hydrogen-bond donors (Lipinski definition) is 0. The van der Waals surface area contributed by atoms with Crippen LogP contribution in [-0.4, -0.2) is 33.8 Å². The summed E-state index contributed by atoms with van der Waals surface area (Å²) in [6, 6.07) is 0. The predicted octanol–water partition coefficient (Wildman–Crippen LogP) is 2.61. The third-order valence-corrected chi connectivity index (χ3v) is 2.05. The van der Waals surface area contributed by atoms with E-state index in [2.05, 4.69) is 10.1 Å². The Morgan fingerprint density at radius 3 is 2.44 bits per heavy atom. The van der Waals surface area contributed by atoms with Crippen molar-refractivity contribution in [1.29, 1.82) is 0 Å². The summed E-state index contributed by atoms with van der Waals surface area (Å²) >= 11 is 0. The molecular weight excluding hydrogens is 234 g/mol. The molecule has 0 spiro atoms. The van der Waals surface area contributed by atoms with Gasteiger partial charge in [-0.15, -0.1) is 0 Å². The molecule has 0 aliphatic rings. The highest BCUT2D eigenvalue weighted by Gasteiger charge is 2.24. The maximum absolute atomic E-state index is 11.9. The molecule has 100 valence electrons. The Morgan fingerprint density at radius 1 is 1.44 bits per heavy atom. The molecule has 0 fully saturated rings. The Bertz CT molecular complexity index is 457. The average Bonchev–Trinajstić information content (AvgIpc) is 2.63. The minimum Gasteiger partial charge on any atom is -0.443 e. The minimum absolute atomic E-state index is 0.295. The fourth-order valence-electron chi connectivity index (χ4n) is 1.29. The summed E-state index contributed by atoms with van der Waals surface area (Å²) in [5.74, 6) is 0.810. The largest absolute Gasteiger partial charge is 0.443 e. The first-order chi connectivity index (χ1) is 8.24. The lowest BCUT2D eigenvalue weighted by molar-refractivity contribution is 0.0384. The molecule has 0 unspecified atom stereocenters. The average molecular weight is 253 g/mol. The minimum atomic E-state index is -0.547. The van der Waals surface area contributed by atoms with Crippen molar-refractivity contribution in [1.82, 2.24) is 15.0 Å². The summed E-state index contributed by atoms with van der Waals surface area (Å²) in [6.07, 6.45) is 1.25. The molecular formula is C12H19N3O3. The second kappa shape index (κ2) is 5.20. The molecule has 18 heavy (non-hydrogen) atoms. The van der Waals surface area contributed by atoms with Gasteiger partial charge < -0.3 is 9.26 Å². The summed E-state index contributed by atoms with van der Waals surface area (Å²) in [7, 11) is 1.60. The van der Waals surface area contributed by atoms with E-state index < -0.39 is 11.7 Å². The smallest absolute Gasteiger partial charge is 0.414 e. The highest BCUT2D eigenvalue weighted by atomic mass is 16.6. The van der Waals surface area contributed by atoms with Gasteiger partial charge in [0.2, 0.25) is 0 Å². The van der Waals surface area contributed by atoms with E-state index in [9.17, 15) is 4.79 Å². The molecule has 1 amide bonds. The number of aromatic nitrogens is 2. The van der Waals surface area contributed by atoms with Crippen LogP contribution in [0.3, 0.4) is 0 Å². The van der Waals surface area contributed by atoms with Gasteiger partial charge in [-0.05, 0) is 34.6 Å². The van der Waals surface area contributed by atoms with Gasteiger partial charge in [0.05, 0.1) is 0 Å². The molecule has 6 nitrogen and oxygen atoms in total. The molecule has 0 saturated heterocycles. The van der Waals surface area contributed by atoms with Crippen LogP contribution in [0.4, 0.5) is 4.79 Å². The van der Waals surface area contributed by atoms with Gasteiger partial charge >= 0.3 is 6.09 Å². The summed E-state index contributed by atoms with van der Waals surface area (Å²) in [4.78, 5) is 17.3. The lowest BCUT2D eigenvalue weighted by Gasteiger charge is -2.24. The zero-order chi connectivity index (χ0) is 13.9. The molecule has 1 heterocycles. The second-order valence-electron chi connectivity index (χ2n) is 4.86. The summed E-state index contributed by atoms with van der Waals surface area (Å²) in [5.41, 5.74) is -0.0283. The van der Waals surface area contributed by atoms with Crippen molar-refractivity contribution in [3.8, 4) is 0 Å². The Balaban J connectivity index is 2.87. The SMILES string of the molecule is CC=C(c1nc(C)no1)N(C)C(=O)OC(C)(C)C. The normalized spacial score (nSPS) is 12.4. The van der Waals surface area contributed by atoms with Gasteiger partial charge in [0.25, 0.3) is 5.89 Å². The lowest BCUT2D eigenvalue weighted by atomic mass is 10.2.